The van der Waals surface area contributed by atoms with Crippen LogP contribution in [0.4, 0.5) is 13.2 Å². The fourth-order valence-electron chi connectivity index (χ4n) is 4.10. The third kappa shape index (κ3) is 4.13. The number of hydrogen-bond acceptors (Lipinski definition) is 0. The van der Waals surface area contributed by atoms with Crippen molar-refractivity contribution in [1.82, 2.24) is 0 Å². The van der Waals surface area contributed by atoms with Gasteiger partial charge in [-0.1, -0.05) is 38.3 Å². The smallest absolute Gasteiger partial charge is 0.131 e. The summed E-state index contributed by atoms with van der Waals surface area (Å²) in [6, 6.07) is 7.55. The molecule has 0 aliphatic heterocycles. The molecule has 1 saturated carbocycles. The van der Waals surface area contributed by atoms with Crippen molar-refractivity contribution in [3.63, 3.8) is 0 Å². The predicted octanol–water partition coefficient (Wildman–Crippen LogP) is 7.54. The molecule has 0 saturated heterocycles. The highest BCUT2D eigenvalue weighted by Gasteiger charge is 2.23. The highest BCUT2D eigenvalue weighted by molar-refractivity contribution is 5.65. The average Bonchev–Trinajstić information content (AvgIpc) is 2.64. The van der Waals surface area contributed by atoms with Crippen LogP contribution >= 0.6 is 0 Å². The first-order chi connectivity index (χ1) is 12.5. The molecule has 2 aromatic rings. The molecule has 0 nitrogen and oxygen atoms in total. The fourth-order valence-corrected chi connectivity index (χ4v) is 4.10. The van der Waals surface area contributed by atoms with Crippen molar-refractivity contribution in [2.45, 2.75) is 64.7 Å². The van der Waals surface area contributed by atoms with Gasteiger partial charge in [0, 0.05) is 11.1 Å². The van der Waals surface area contributed by atoms with Gasteiger partial charge >= 0.3 is 0 Å². The topological polar surface area (TPSA) is 0 Å². The molecule has 0 unspecified atom stereocenters. The highest BCUT2D eigenvalue weighted by Crippen LogP contribution is 2.39. The number of halogens is 3. The summed E-state index contributed by atoms with van der Waals surface area (Å²) in [5.41, 5.74) is 1.47. The summed E-state index contributed by atoms with van der Waals surface area (Å²) in [4.78, 5) is 0. The van der Waals surface area contributed by atoms with Crippen LogP contribution in [0.25, 0.3) is 11.1 Å². The standard InChI is InChI=1S/C23H27F3/c1-3-4-5-16-6-8-17(9-7-16)18-10-11-20(23(26)12-18)19-13-21(24)15(2)22(25)14-19/h10-14,16-17H,3-9H2,1-2H3. The summed E-state index contributed by atoms with van der Waals surface area (Å²) in [5.74, 6) is -0.488. The lowest BCUT2D eigenvalue weighted by Gasteiger charge is -2.29. The minimum absolute atomic E-state index is 0.0365. The van der Waals surface area contributed by atoms with Gasteiger partial charge in [0.05, 0.1) is 0 Å². The first-order valence-electron chi connectivity index (χ1n) is 9.75. The SMILES string of the molecule is CCCCC1CCC(c2ccc(-c3cc(F)c(C)c(F)c3)c(F)c2)CC1. The van der Waals surface area contributed by atoms with Crippen LogP contribution in [0, 0.1) is 30.3 Å². The Kier molecular flexibility index (Phi) is 6.05. The Morgan fingerprint density at radius 2 is 1.54 bits per heavy atom. The lowest BCUT2D eigenvalue weighted by Crippen LogP contribution is -2.13. The van der Waals surface area contributed by atoms with Crippen LogP contribution in [0.2, 0.25) is 0 Å². The van der Waals surface area contributed by atoms with Gasteiger partial charge in [-0.15, -0.1) is 0 Å². The Balaban J connectivity index is 1.74. The summed E-state index contributed by atoms with van der Waals surface area (Å²) in [6.45, 7) is 3.60. The summed E-state index contributed by atoms with van der Waals surface area (Å²) in [5, 5.41) is 0. The van der Waals surface area contributed by atoms with Crippen LogP contribution in [-0.2, 0) is 0 Å². The quantitative estimate of drug-likeness (QED) is 0.516. The van der Waals surface area contributed by atoms with E-state index in [-0.39, 0.29) is 16.7 Å². The number of benzene rings is 2. The fraction of sp³-hybridized carbons (Fsp3) is 0.478. The third-order valence-electron chi connectivity index (χ3n) is 5.87. The average molecular weight is 360 g/mol. The van der Waals surface area contributed by atoms with Crippen molar-refractivity contribution < 1.29 is 13.2 Å². The van der Waals surface area contributed by atoms with Crippen molar-refractivity contribution in [1.29, 1.82) is 0 Å². The maximum absolute atomic E-state index is 14.7. The van der Waals surface area contributed by atoms with E-state index in [4.69, 9.17) is 0 Å². The summed E-state index contributed by atoms with van der Waals surface area (Å²) >= 11 is 0. The van der Waals surface area contributed by atoms with E-state index in [0.29, 0.717) is 5.92 Å². The highest BCUT2D eigenvalue weighted by atomic mass is 19.1. The van der Waals surface area contributed by atoms with Gasteiger partial charge in [0.2, 0.25) is 0 Å². The second-order valence-corrected chi connectivity index (χ2v) is 7.66. The molecule has 140 valence electrons. The van der Waals surface area contributed by atoms with Gasteiger partial charge in [-0.05, 0) is 73.8 Å². The maximum Gasteiger partial charge on any atom is 0.131 e. The molecule has 0 aromatic heterocycles. The second-order valence-electron chi connectivity index (χ2n) is 7.66. The van der Waals surface area contributed by atoms with Crippen molar-refractivity contribution in [3.8, 4) is 11.1 Å². The van der Waals surface area contributed by atoms with Gasteiger partial charge < -0.3 is 0 Å². The van der Waals surface area contributed by atoms with E-state index in [9.17, 15) is 13.2 Å². The lowest BCUT2D eigenvalue weighted by atomic mass is 9.77. The van der Waals surface area contributed by atoms with E-state index >= 15 is 0 Å². The molecule has 26 heavy (non-hydrogen) atoms. The van der Waals surface area contributed by atoms with Gasteiger partial charge in [0.15, 0.2) is 0 Å². The first-order valence-corrected chi connectivity index (χ1v) is 9.75. The van der Waals surface area contributed by atoms with E-state index in [1.807, 2.05) is 6.07 Å². The summed E-state index contributed by atoms with van der Waals surface area (Å²) in [7, 11) is 0. The zero-order valence-corrected chi connectivity index (χ0v) is 15.6. The molecule has 3 heteroatoms. The minimum atomic E-state index is -0.645. The molecule has 0 atom stereocenters. The molecular weight excluding hydrogens is 333 g/mol. The molecule has 2 aromatic carbocycles. The number of unbranched alkanes of at least 4 members (excludes halogenated alkanes) is 1. The first kappa shape index (κ1) is 19.0. The Hall–Kier alpha value is -1.77. The third-order valence-corrected chi connectivity index (χ3v) is 5.87. The molecular formula is C23H27F3. The number of rotatable bonds is 5. The van der Waals surface area contributed by atoms with Crippen LogP contribution in [0.1, 0.15) is 68.9 Å². The van der Waals surface area contributed by atoms with E-state index in [0.717, 1.165) is 24.3 Å². The Bertz CT molecular complexity index is 735. The lowest BCUT2D eigenvalue weighted by molar-refractivity contribution is 0.304. The normalized spacial score (nSPS) is 20.3. The van der Waals surface area contributed by atoms with Crippen molar-refractivity contribution in [2.75, 3.05) is 0 Å². The van der Waals surface area contributed by atoms with Crippen molar-refractivity contribution in [2.24, 2.45) is 5.92 Å². The van der Waals surface area contributed by atoms with Crippen molar-refractivity contribution in [3.05, 3.63) is 58.9 Å². The zero-order valence-electron chi connectivity index (χ0n) is 15.6. The van der Waals surface area contributed by atoms with Crippen LogP contribution < -0.4 is 0 Å². The minimum Gasteiger partial charge on any atom is -0.207 e. The van der Waals surface area contributed by atoms with Gasteiger partial charge in [0.1, 0.15) is 17.5 Å². The molecule has 1 aliphatic rings. The van der Waals surface area contributed by atoms with Crippen molar-refractivity contribution >= 4 is 0 Å². The molecule has 0 spiro atoms. The van der Waals surface area contributed by atoms with E-state index in [2.05, 4.69) is 6.92 Å². The van der Waals surface area contributed by atoms with Crippen LogP contribution in [-0.4, -0.2) is 0 Å². The molecule has 0 N–H and O–H groups in total. The summed E-state index contributed by atoms with van der Waals surface area (Å²) < 4.78 is 42.2. The predicted molar refractivity (Wildman–Crippen MR) is 101 cm³/mol. The molecule has 0 radical (unpaired) electrons. The van der Waals surface area contributed by atoms with E-state index in [1.165, 1.54) is 51.2 Å². The zero-order chi connectivity index (χ0) is 18.7. The second kappa shape index (κ2) is 8.28. The monoisotopic (exact) mass is 360 g/mol. The van der Waals surface area contributed by atoms with Crippen LogP contribution in [0.15, 0.2) is 30.3 Å². The van der Waals surface area contributed by atoms with Crippen LogP contribution in [0.5, 0.6) is 0 Å². The van der Waals surface area contributed by atoms with Crippen LogP contribution in [0.3, 0.4) is 0 Å². The van der Waals surface area contributed by atoms with E-state index in [1.54, 1.807) is 12.1 Å². The Morgan fingerprint density at radius 1 is 0.885 bits per heavy atom. The molecule has 1 fully saturated rings. The largest absolute Gasteiger partial charge is 0.207 e. The molecule has 0 amide bonds. The van der Waals surface area contributed by atoms with Gasteiger partial charge in [-0.2, -0.15) is 0 Å². The molecule has 0 bridgehead atoms. The van der Waals surface area contributed by atoms with Gasteiger partial charge in [-0.25, -0.2) is 13.2 Å². The molecule has 1 aliphatic carbocycles. The van der Waals surface area contributed by atoms with Gasteiger partial charge in [-0.3, -0.25) is 0 Å². The number of hydrogen-bond donors (Lipinski definition) is 0. The summed E-state index contributed by atoms with van der Waals surface area (Å²) in [6.07, 6.45) is 8.46. The molecule has 3 rings (SSSR count). The Labute approximate surface area is 154 Å². The van der Waals surface area contributed by atoms with E-state index < -0.39 is 17.5 Å². The Morgan fingerprint density at radius 3 is 2.12 bits per heavy atom. The maximum atomic E-state index is 14.7. The van der Waals surface area contributed by atoms with Gasteiger partial charge in [0.25, 0.3) is 0 Å². The molecule has 0 heterocycles.